The number of hydrogen-bond donors (Lipinski definition) is 0. The van der Waals surface area contributed by atoms with Gasteiger partial charge >= 0.3 is 0 Å². The van der Waals surface area contributed by atoms with Crippen molar-refractivity contribution in [3.8, 4) is 56.0 Å². The lowest BCUT2D eigenvalue weighted by Gasteiger charge is -2.42. The summed E-state index contributed by atoms with van der Waals surface area (Å²) in [5, 5.41) is 0. The summed E-state index contributed by atoms with van der Waals surface area (Å²) in [5.41, 5.74) is 28.4. The smallest absolute Gasteiger partial charge is 0.134 e. The molecular weight excluding hydrogens is 957 g/mol. The largest absolute Gasteiger partial charge is 0.457 e. The van der Waals surface area contributed by atoms with Gasteiger partial charge in [-0.1, -0.05) is 211 Å². The van der Waals surface area contributed by atoms with E-state index in [0.717, 1.165) is 56.8 Å². The van der Waals surface area contributed by atoms with Crippen molar-refractivity contribution < 1.29 is 4.74 Å². The second kappa shape index (κ2) is 16.2. The van der Waals surface area contributed by atoms with Gasteiger partial charge in [-0.3, -0.25) is 0 Å². The molecule has 0 saturated heterocycles. The van der Waals surface area contributed by atoms with Gasteiger partial charge in [0.15, 0.2) is 0 Å². The summed E-state index contributed by atoms with van der Waals surface area (Å²) >= 11 is 0. The zero-order valence-electron chi connectivity index (χ0n) is 45.4. The molecule has 16 rings (SSSR count). The molecule has 11 aromatic rings. The number of fused-ring (bicyclic) bond motifs is 18. The Morgan fingerprint density at radius 2 is 0.633 bits per heavy atom. The molecule has 0 amide bonds. The molecule has 378 valence electrons. The van der Waals surface area contributed by atoms with Crippen molar-refractivity contribution >= 4 is 34.1 Å². The first-order valence-electron chi connectivity index (χ1n) is 28.0. The van der Waals surface area contributed by atoms with Gasteiger partial charge in [-0.25, -0.2) is 0 Å². The van der Waals surface area contributed by atoms with Crippen LogP contribution in [-0.2, 0) is 21.7 Å². The van der Waals surface area contributed by atoms with Crippen LogP contribution >= 0.6 is 0 Å². The highest BCUT2D eigenvalue weighted by atomic mass is 16.5. The molecule has 79 heavy (non-hydrogen) atoms. The standard InChI is InChI=1S/C76H58N2O/c1-73(2)60-28-14-10-23-52(60)56-39-35-48(43-66(56)73)77(47-21-8-7-9-22-47)51-38-42-65-71(46-51)79-70-34-19-18-32-64(70)76(65)63-31-17-13-26-55(63)59-27-20-33-69(72(59)76)78(49-36-40-57-53-24-11-15-29-61(53)74(3,4)67(57)44-49)50-37-41-58-54-25-12-16-30-62(54)75(5,6)68(58)45-50/h7-46H,1-6H3. The number of rotatable bonds is 6. The van der Waals surface area contributed by atoms with Gasteiger partial charge in [-0.05, 0) is 150 Å². The van der Waals surface area contributed by atoms with Crippen LogP contribution in [0.3, 0.4) is 0 Å². The molecule has 1 aliphatic heterocycles. The number of para-hydroxylation sites is 2. The molecule has 0 N–H and O–H groups in total. The van der Waals surface area contributed by atoms with Crippen LogP contribution in [0.25, 0.3) is 44.5 Å². The van der Waals surface area contributed by atoms with Gasteiger partial charge < -0.3 is 14.5 Å². The summed E-state index contributed by atoms with van der Waals surface area (Å²) in [7, 11) is 0. The van der Waals surface area contributed by atoms with Crippen molar-refractivity contribution in [1.82, 2.24) is 0 Å². The molecule has 1 heterocycles. The molecule has 1 spiro atoms. The van der Waals surface area contributed by atoms with E-state index in [1.165, 1.54) is 89.0 Å². The van der Waals surface area contributed by atoms with Crippen LogP contribution in [0.1, 0.15) is 97.2 Å². The summed E-state index contributed by atoms with van der Waals surface area (Å²) in [4.78, 5) is 4.99. The number of benzene rings is 11. The second-order valence-electron chi connectivity index (χ2n) is 24.0. The van der Waals surface area contributed by atoms with Crippen LogP contribution < -0.4 is 14.5 Å². The van der Waals surface area contributed by atoms with Gasteiger partial charge in [0.05, 0.1) is 11.1 Å². The van der Waals surface area contributed by atoms with E-state index in [2.05, 4.69) is 294 Å². The molecule has 3 heteroatoms. The molecule has 0 radical (unpaired) electrons. The highest BCUT2D eigenvalue weighted by Crippen LogP contribution is 2.66. The molecule has 1 unspecified atom stereocenters. The van der Waals surface area contributed by atoms with E-state index in [-0.39, 0.29) is 16.2 Å². The maximum Gasteiger partial charge on any atom is 0.134 e. The summed E-state index contributed by atoms with van der Waals surface area (Å²) < 4.78 is 7.34. The Bertz CT molecular complexity index is 4300. The SMILES string of the molecule is CC1(C)c2ccccc2-c2ccc(N(c3ccccc3)c3ccc4c(c3)Oc3ccccc3C43c4ccccc4-c4cccc(N(c5ccc6c(c5)C(C)(C)c5ccccc5-6)c5ccc6c(c5)C(C)(C)c5ccccc5-6)c43)cc21. The van der Waals surface area contributed by atoms with Crippen LogP contribution in [0.4, 0.5) is 34.1 Å². The average molecular weight is 1020 g/mol. The van der Waals surface area contributed by atoms with Gasteiger partial charge in [-0.2, -0.15) is 0 Å². The number of ether oxygens (including phenoxy) is 1. The van der Waals surface area contributed by atoms with E-state index in [1.54, 1.807) is 0 Å². The predicted octanol–water partition coefficient (Wildman–Crippen LogP) is 20.0. The Morgan fingerprint density at radius 3 is 1.16 bits per heavy atom. The molecule has 3 nitrogen and oxygen atoms in total. The lowest BCUT2D eigenvalue weighted by Crippen LogP contribution is -2.33. The van der Waals surface area contributed by atoms with Crippen LogP contribution in [-0.4, -0.2) is 0 Å². The molecule has 11 aromatic carbocycles. The zero-order valence-corrected chi connectivity index (χ0v) is 45.4. The lowest BCUT2D eigenvalue weighted by atomic mass is 9.65. The van der Waals surface area contributed by atoms with Crippen molar-refractivity contribution in [3.05, 3.63) is 298 Å². The zero-order chi connectivity index (χ0) is 53.2. The fourth-order valence-electron chi connectivity index (χ4n) is 15.2. The summed E-state index contributed by atoms with van der Waals surface area (Å²) in [6, 6.07) is 91.1. The molecule has 0 bridgehead atoms. The van der Waals surface area contributed by atoms with Gasteiger partial charge in [-0.15, -0.1) is 0 Å². The number of nitrogens with zero attached hydrogens (tertiary/aromatic N) is 2. The molecular formula is C76H58N2O. The van der Waals surface area contributed by atoms with Crippen LogP contribution in [0.5, 0.6) is 11.5 Å². The Labute approximate surface area is 463 Å². The normalized spacial score (nSPS) is 16.9. The maximum atomic E-state index is 7.34. The summed E-state index contributed by atoms with van der Waals surface area (Å²) in [6.07, 6.45) is 0. The van der Waals surface area contributed by atoms with Gasteiger partial charge in [0.2, 0.25) is 0 Å². The van der Waals surface area contributed by atoms with Crippen molar-refractivity contribution in [2.24, 2.45) is 0 Å². The highest BCUT2D eigenvalue weighted by Gasteiger charge is 2.53. The van der Waals surface area contributed by atoms with Crippen LogP contribution in [0.2, 0.25) is 0 Å². The van der Waals surface area contributed by atoms with Crippen molar-refractivity contribution in [2.75, 3.05) is 9.80 Å². The topological polar surface area (TPSA) is 15.7 Å². The Hall–Kier alpha value is -9.18. The van der Waals surface area contributed by atoms with E-state index in [9.17, 15) is 0 Å². The van der Waals surface area contributed by atoms with Gasteiger partial charge in [0.25, 0.3) is 0 Å². The quantitative estimate of drug-likeness (QED) is 0.165. The van der Waals surface area contributed by atoms with Crippen molar-refractivity contribution in [1.29, 1.82) is 0 Å². The third-order valence-corrected chi connectivity index (χ3v) is 18.9. The summed E-state index contributed by atoms with van der Waals surface area (Å²) in [6.45, 7) is 14.3. The van der Waals surface area contributed by atoms with Crippen molar-refractivity contribution in [2.45, 2.75) is 63.2 Å². The number of anilines is 6. The minimum Gasteiger partial charge on any atom is -0.457 e. The van der Waals surface area contributed by atoms with Crippen LogP contribution in [0.15, 0.2) is 243 Å². The fourth-order valence-corrected chi connectivity index (χ4v) is 15.2. The minimum absolute atomic E-state index is 0.157. The first kappa shape index (κ1) is 46.0. The molecule has 5 aliphatic rings. The van der Waals surface area contributed by atoms with E-state index < -0.39 is 5.41 Å². The van der Waals surface area contributed by atoms with E-state index >= 15 is 0 Å². The molecule has 0 fully saturated rings. The minimum atomic E-state index is -0.775. The number of hydrogen-bond acceptors (Lipinski definition) is 3. The molecule has 0 saturated carbocycles. The Kier molecular flexibility index (Phi) is 9.42. The second-order valence-corrected chi connectivity index (χ2v) is 24.0. The van der Waals surface area contributed by atoms with E-state index in [1.807, 2.05) is 0 Å². The van der Waals surface area contributed by atoms with E-state index in [4.69, 9.17) is 4.74 Å². The summed E-state index contributed by atoms with van der Waals surface area (Å²) in [5.74, 6) is 1.69. The Morgan fingerprint density at radius 1 is 0.253 bits per heavy atom. The monoisotopic (exact) mass is 1010 g/mol. The maximum absolute atomic E-state index is 7.34. The first-order valence-corrected chi connectivity index (χ1v) is 28.0. The fraction of sp³-hybridized carbons (Fsp3) is 0.132. The van der Waals surface area contributed by atoms with E-state index in [0.29, 0.717) is 0 Å². The molecule has 0 aromatic heterocycles. The van der Waals surface area contributed by atoms with Crippen LogP contribution in [0, 0.1) is 0 Å². The lowest BCUT2D eigenvalue weighted by molar-refractivity contribution is 0.436. The highest BCUT2D eigenvalue weighted by molar-refractivity contribution is 5.98. The molecule has 4 aliphatic carbocycles. The Balaban J connectivity index is 0.940. The first-order chi connectivity index (χ1) is 38.5. The van der Waals surface area contributed by atoms with Crippen molar-refractivity contribution in [3.63, 3.8) is 0 Å². The van der Waals surface area contributed by atoms with Gasteiger partial charge in [0.1, 0.15) is 11.5 Å². The average Bonchev–Trinajstić information content (AvgIpc) is 4.21. The van der Waals surface area contributed by atoms with Gasteiger partial charge in [0, 0.05) is 67.4 Å². The third kappa shape index (κ3) is 6.13. The molecule has 1 atom stereocenters. The predicted molar refractivity (Wildman–Crippen MR) is 326 cm³/mol. The third-order valence-electron chi connectivity index (χ3n) is 18.9.